The molecule has 2 nitrogen and oxygen atoms in total. The summed E-state index contributed by atoms with van der Waals surface area (Å²) < 4.78 is 12.8. The molecule has 13 heavy (non-hydrogen) atoms. The van der Waals surface area contributed by atoms with E-state index < -0.39 is 12.1 Å². The molecule has 1 atom stereocenters. The van der Waals surface area contributed by atoms with Crippen LogP contribution >= 0.6 is 0 Å². The molecular formula is C10H18FNO. The summed E-state index contributed by atoms with van der Waals surface area (Å²) in [6.45, 7) is 10.8. The molecule has 76 valence electrons. The minimum Gasteiger partial charge on any atom is -0.332 e. The molecule has 0 aliphatic heterocycles. The number of halogens is 1. The van der Waals surface area contributed by atoms with E-state index in [-0.39, 0.29) is 5.54 Å². The zero-order valence-electron chi connectivity index (χ0n) is 8.80. The van der Waals surface area contributed by atoms with E-state index in [1.807, 2.05) is 20.8 Å². The molecule has 0 saturated carbocycles. The predicted molar refractivity (Wildman–Crippen MR) is 52.2 cm³/mol. The molecule has 0 fully saturated rings. The summed E-state index contributed by atoms with van der Waals surface area (Å²) in [5.41, 5.74) is -0.356. The molecule has 1 amide bonds. The van der Waals surface area contributed by atoms with E-state index in [4.69, 9.17) is 0 Å². The van der Waals surface area contributed by atoms with Gasteiger partial charge in [-0.2, -0.15) is 0 Å². The second-order valence-corrected chi connectivity index (χ2v) is 4.02. The Labute approximate surface area is 79.4 Å². The third-order valence-electron chi connectivity index (χ3n) is 1.73. The van der Waals surface area contributed by atoms with Crippen molar-refractivity contribution in [2.45, 2.75) is 39.4 Å². The lowest BCUT2D eigenvalue weighted by atomic mass is 10.1. The molecule has 3 heteroatoms. The maximum Gasteiger partial charge on any atom is 0.257 e. The van der Waals surface area contributed by atoms with Crippen molar-refractivity contribution < 1.29 is 9.18 Å². The zero-order valence-corrected chi connectivity index (χ0v) is 8.80. The van der Waals surface area contributed by atoms with Gasteiger partial charge >= 0.3 is 0 Å². The number of amides is 1. The summed E-state index contributed by atoms with van der Waals surface area (Å²) in [6.07, 6.45) is 0.157. The number of rotatable bonds is 3. The SMILES string of the molecule is C=CCN(C(=O)C(C)F)C(C)(C)C. The van der Waals surface area contributed by atoms with Crippen LogP contribution in [-0.4, -0.2) is 29.1 Å². The number of hydrogen-bond acceptors (Lipinski definition) is 1. The van der Waals surface area contributed by atoms with Crippen LogP contribution in [0.25, 0.3) is 0 Å². The van der Waals surface area contributed by atoms with Crippen molar-refractivity contribution >= 4 is 5.91 Å². The molecule has 1 unspecified atom stereocenters. The zero-order chi connectivity index (χ0) is 10.6. The number of hydrogen-bond donors (Lipinski definition) is 0. The molecule has 0 N–H and O–H groups in total. The Morgan fingerprint density at radius 3 is 2.31 bits per heavy atom. The second kappa shape index (κ2) is 4.40. The van der Waals surface area contributed by atoms with Crippen LogP contribution < -0.4 is 0 Å². The highest BCUT2D eigenvalue weighted by Crippen LogP contribution is 2.15. The molecule has 0 heterocycles. The summed E-state index contributed by atoms with van der Waals surface area (Å²) in [5.74, 6) is -0.479. The summed E-state index contributed by atoms with van der Waals surface area (Å²) in [6, 6.07) is 0. The van der Waals surface area contributed by atoms with Crippen LogP contribution in [0.3, 0.4) is 0 Å². The first-order chi connectivity index (χ1) is 5.80. The van der Waals surface area contributed by atoms with Gasteiger partial charge in [0.2, 0.25) is 0 Å². The lowest BCUT2D eigenvalue weighted by Crippen LogP contribution is -2.48. The molecule has 0 aromatic heterocycles. The second-order valence-electron chi connectivity index (χ2n) is 4.02. The van der Waals surface area contributed by atoms with Gasteiger partial charge in [0.25, 0.3) is 5.91 Å². The van der Waals surface area contributed by atoms with E-state index in [0.717, 1.165) is 0 Å². The highest BCUT2D eigenvalue weighted by Gasteiger charge is 2.28. The first kappa shape index (κ1) is 12.1. The van der Waals surface area contributed by atoms with Crippen LogP contribution in [0.4, 0.5) is 4.39 Å². The number of alkyl halides is 1. The van der Waals surface area contributed by atoms with Gasteiger partial charge in [0.05, 0.1) is 0 Å². The van der Waals surface area contributed by atoms with E-state index in [2.05, 4.69) is 6.58 Å². The molecular weight excluding hydrogens is 169 g/mol. The molecule has 0 radical (unpaired) electrons. The maximum absolute atomic E-state index is 12.8. The normalized spacial score (nSPS) is 13.6. The topological polar surface area (TPSA) is 20.3 Å². The highest BCUT2D eigenvalue weighted by molar-refractivity contribution is 5.81. The Bertz CT molecular complexity index is 194. The fraction of sp³-hybridized carbons (Fsp3) is 0.700. The minimum atomic E-state index is -1.45. The monoisotopic (exact) mass is 187 g/mol. The Morgan fingerprint density at radius 2 is 2.08 bits per heavy atom. The average molecular weight is 187 g/mol. The fourth-order valence-electron chi connectivity index (χ4n) is 1.04. The minimum absolute atomic E-state index is 0.356. The Kier molecular flexibility index (Phi) is 4.11. The van der Waals surface area contributed by atoms with Crippen molar-refractivity contribution in [1.82, 2.24) is 4.90 Å². The van der Waals surface area contributed by atoms with Gasteiger partial charge < -0.3 is 4.90 Å². The first-order valence-electron chi connectivity index (χ1n) is 4.37. The Hall–Kier alpha value is -0.860. The van der Waals surface area contributed by atoms with Crippen LogP contribution in [0, 0.1) is 0 Å². The molecule has 0 aliphatic carbocycles. The van der Waals surface area contributed by atoms with Gasteiger partial charge in [0, 0.05) is 12.1 Å². The van der Waals surface area contributed by atoms with Gasteiger partial charge in [-0.3, -0.25) is 4.79 Å². The smallest absolute Gasteiger partial charge is 0.257 e. The van der Waals surface area contributed by atoms with Crippen molar-refractivity contribution in [3.8, 4) is 0 Å². The quantitative estimate of drug-likeness (QED) is 0.620. The first-order valence-corrected chi connectivity index (χ1v) is 4.37. The van der Waals surface area contributed by atoms with Crippen LogP contribution in [0.15, 0.2) is 12.7 Å². The number of carbonyl (C=O) groups excluding carboxylic acids is 1. The van der Waals surface area contributed by atoms with Crippen molar-refractivity contribution in [2.75, 3.05) is 6.54 Å². The van der Waals surface area contributed by atoms with E-state index in [9.17, 15) is 9.18 Å². The van der Waals surface area contributed by atoms with E-state index >= 15 is 0 Å². The van der Waals surface area contributed by atoms with Gasteiger partial charge in [-0.25, -0.2) is 4.39 Å². The maximum atomic E-state index is 12.8. The lowest BCUT2D eigenvalue weighted by molar-refractivity contribution is -0.140. The van der Waals surface area contributed by atoms with Gasteiger partial charge in [0.1, 0.15) is 0 Å². The van der Waals surface area contributed by atoms with Crippen molar-refractivity contribution in [3.05, 3.63) is 12.7 Å². The Balaban J connectivity index is 4.61. The predicted octanol–water partition coefficient (Wildman–Crippen LogP) is 2.16. The third-order valence-corrected chi connectivity index (χ3v) is 1.73. The molecule has 0 bridgehead atoms. The van der Waals surface area contributed by atoms with E-state index in [1.165, 1.54) is 11.8 Å². The molecule has 0 aromatic carbocycles. The van der Waals surface area contributed by atoms with Gasteiger partial charge in [-0.15, -0.1) is 6.58 Å². The van der Waals surface area contributed by atoms with Crippen molar-refractivity contribution in [3.63, 3.8) is 0 Å². The molecule has 0 rings (SSSR count). The average Bonchev–Trinajstić information content (AvgIpc) is 1.96. The van der Waals surface area contributed by atoms with Gasteiger partial charge in [-0.1, -0.05) is 6.08 Å². The third kappa shape index (κ3) is 3.57. The summed E-state index contributed by atoms with van der Waals surface area (Å²) >= 11 is 0. The molecule has 0 aliphatic rings. The number of carbonyl (C=O) groups is 1. The van der Waals surface area contributed by atoms with Crippen molar-refractivity contribution in [2.24, 2.45) is 0 Å². The number of nitrogens with zero attached hydrogens (tertiary/aromatic N) is 1. The molecule has 0 aromatic rings. The Morgan fingerprint density at radius 1 is 1.62 bits per heavy atom. The lowest BCUT2D eigenvalue weighted by Gasteiger charge is -2.35. The largest absolute Gasteiger partial charge is 0.332 e. The van der Waals surface area contributed by atoms with Crippen molar-refractivity contribution in [1.29, 1.82) is 0 Å². The summed E-state index contributed by atoms with van der Waals surface area (Å²) in [7, 11) is 0. The van der Waals surface area contributed by atoms with Crippen LogP contribution in [-0.2, 0) is 4.79 Å². The van der Waals surface area contributed by atoms with E-state index in [1.54, 1.807) is 6.08 Å². The van der Waals surface area contributed by atoms with Crippen LogP contribution in [0.5, 0.6) is 0 Å². The summed E-state index contributed by atoms with van der Waals surface area (Å²) in [4.78, 5) is 12.9. The highest BCUT2D eigenvalue weighted by atomic mass is 19.1. The van der Waals surface area contributed by atoms with Gasteiger partial charge in [0.15, 0.2) is 6.17 Å². The summed E-state index contributed by atoms with van der Waals surface area (Å²) in [5, 5.41) is 0. The molecule has 0 spiro atoms. The van der Waals surface area contributed by atoms with E-state index in [0.29, 0.717) is 6.54 Å². The van der Waals surface area contributed by atoms with Crippen LogP contribution in [0.2, 0.25) is 0 Å². The molecule has 0 saturated heterocycles. The fourth-order valence-corrected chi connectivity index (χ4v) is 1.04. The standard InChI is InChI=1S/C10H18FNO/c1-6-7-12(10(3,4)5)9(13)8(2)11/h6,8H,1,7H2,2-5H3. The van der Waals surface area contributed by atoms with Gasteiger partial charge in [-0.05, 0) is 27.7 Å². The van der Waals surface area contributed by atoms with Crippen LogP contribution in [0.1, 0.15) is 27.7 Å².